The first kappa shape index (κ1) is 11.7. The Morgan fingerprint density at radius 3 is 3.00 bits per heavy atom. The summed E-state index contributed by atoms with van der Waals surface area (Å²) in [5, 5.41) is 9.20. The van der Waals surface area contributed by atoms with E-state index in [0.29, 0.717) is 5.69 Å². The fraction of sp³-hybridized carbons (Fsp3) is 0.250. The molecule has 0 fully saturated rings. The van der Waals surface area contributed by atoms with Crippen LogP contribution in [-0.2, 0) is 6.42 Å². The normalized spacial score (nSPS) is 13.8. The molecule has 3 rings (SSSR count). The van der Waals surface area contributed by atoms with Gasteiger partial charge in [-0.15, -0.1) is 0 Å². The number of nitriles is 1. The number of nitrogens with zero attached hydrogens (tertiary/aromatic N) is 3. The van der Waals surface area contributed by atoms with Gasteiger partial charge in [0.15, 0.2) is 5.69 Å². The van der Waals surface area contributed by atoms with Gasteiger partial charge >= 0.3 is 0 Å². The summed E-state index contributed by atoms with van der Waals surface area (Å²) < 4.78 is 0. The summed E-state index contributed by atoms with van der Waals surface area (Å²) in [6.07, 6.45) is 3.88. The molecule has 0 spiro atoms. The zero-order chi connectivity index (χ0) is 13.2. The van der Waals surface area contributed by atoms with E-state index in [0.717, 1.165) is 25.1 Å². The van der Waals surface area contributed by atoms with Crippen LogP contribution in [0.5, 0.6) is 0 Å². The fourth-order valence-corrected chi connectivity index (χ4v) is 2.68. The first-order valence-corrected chi connectivity index (χ1v) is 6.52. The standard InChI is InChI=1S/C16H15N3/c1-12-6-7-15-13(10-12)4-3-9-19(15)16-5-2-8-18-14(16)11-17/h2,5-8,10H,3-4,9H2,1H3. The largest absolute Gasteiger partial charge is 0.339 e. The molecule has 0 N–H and O–H groups in total. The highest BCUT2D eigenvalue weighted by atomic mass is 15.1. The van der Waals surface area contributed by atoms with Crippen molar-refractivity contribution in [2.24, 2.45) is 0 Å². The predicted octanol–water partition coefficient (Wildman–Crippen LogP) is 3.35. The van der Waals surface area contributed by atoms with Crippen molar-refractivity contribution < 1.29 is 0 Å². The predicted molar refractivity (Wildman–Crippen MR) is 75.5 cm³/mol. The molecule has 0 aliphatic carbocycles. The molecule has 0 saturated carbocycles. The van der Waals surface area contributed by atoms with Gasteiger partial charge in [0.1, 0.15) is 6.07 Å². The van der Waals surface area contributed by atoms with E-state index in [4.69, 9.17) is 0 Å². The Kier molecular flexibility index (Phi) is 2.92. The van der Waals surface area contributed by atoms with Gasteiger partial charge in [0.25, 0.3) is 0 Å². The maximum absolute atomic E-state index is 9.20. The Hall–Kier alpha value is -2.34. The maximum Gasteiger partial charge on any atom is 0.164 e. The molecule has 2 aromatic rings. The Morgan fingerprint density at radius 1 is 1.26 bits per heavy atom. The average molecular weight is 249 g/mol. The lowest BCUT2D eigenvalue weighted by Gasteiger charge is -2.31. The number of aromatic nitrogens is 1. The first-order valence-electron chi connectivity index (χ1n) is 6.52. The highest BCUT2D eigenvalue weighted by Gasteiger charge is 2.20. The molecule has 1 aromatic heterocycles. The van der Waals surface area contributed by atoms with E-state index in [1.54, 1.807) is 6.20 Å². The van der Waals surface area contributed by atoms with E-state index < -0.39 is 0 Å². The maximum atomic E-state index is 9.20. The molecule has 2 heterocycles. The Labute approximate surface area is 113 Å². The van der Waals surface area contributed by atoms with E-state index in [1.165, 1.54) is 16.8 Å². The summed E-state index contributed by atoms with van der Waals surface area (Å²) in [4.78, 5) is 6.37. The number of anilines is 2. The van der Waals surface area contributed by atoms with Crippen molar-refractivity contribution in [3.8, 4) is 6.07 Å². The molecule has 0 bridgehead atoms. The molecule has 94 valence electrons. The van der Waals surface area contributed by atoms with E-state index in [1.807, 2.05) is 12.1 Å². The highest BCUT2D eigenvalue weighted by Crippen LogP contribution is 2.34. The molecule has 0 unspecified atom stereocenters. The van der Waals surface area contributed by atoms with Crippen molar-refractivity contribution >= 4 is 11.4 Å². The summed E-state index contributed by atoms with van der Waals surface area (Å²) in [7, 11) is 0. The van der Waals surface area contributed by atoms with Crippen molar-refractivity contribution in [3.63, 3.8) is 0 Å². The fourth-order valence-electron chi connectivity index (χ4n) is 2.68. The Balaban J connectivity index is 2.12. The monoisotopic (exact) mass is 249 g/mol. The topological polar surface area (TPSA) is 39.9 Å². The third kappa shape index (κ3) is 2.06. The van der Waals surface area contributed by atoms with Crippen LogP contribution in [0.25, 0.3) is 0 Å². The van der Waals surface area contributed by atoms with Crippen LogP contribution in [-0.4, -0.2) is 11.5 Å². The molecule has 3 nitrogen and oxygen atoms in total. The summed E-state index contributed by atoms with van der Waals surface area (Å²) in [6.45, 7) is 3.06. The second kappa shape index (κ2) is 4.74. The smallest absolute Gasteiger partial charge is 0.164 e. The highest BCUT2D eigenvalue weighted by molar-refractivity contribution is 5.71. The summed E-state index contributed by atoms with van der Waals surface area (Å²) >= 11 is 0. The molecule has 3 heteroatoms. The number of hydrogen-bond donors (Lipinski definition) is 0. The van der Waals surface area contributed by atoms with Gasteiger partial charge in [0, 0.05) is 18.4 Å². The van der Waals surface area contributed by atoms with Gasteiger partial charge in [-0.1, -0.05) is 17.7 Å². The minimum atomic E-state index is 0.496. The number of aryl methyl sites for hydroxylation is 2. The third-order valence-corrected chi connectivity index (χ3v) is 3.54. The SMILES string of the molecule is Cc1ccc2c(c1)CCCN2c1cccnc1C#N. The average Bonchev–Trinajstić information content (AvgIpc) is 2.46. The third-order valence-electron chi connectivity index (χ3n) is 3.54. The minimum absolute atomic E-state index is 0.496. The Morgan fingerprint density at radius 2 is 2.16 bits per heavy atom. The molecular weight excluding hydrogens is 234 g/mol. The number of pyridine rings is 1. The number of rotatable bonds is 1. The van der Waals surface area contributed by atoms with Crippen LogP contribution in [0, 0.1) is 18.3 Å². The minimum Gasteiger partial charge on any atom is -0.339 e. The summed E-state index contributed by atoms with van der Waals surface area (Å²) in [6, 6.07) is 12.6. The zero-order valence-electron chi connectivity index (χ0n) is 10.9. The van der Waals surface area contributed by atoms with Crippen molar-refractivity contribution in [2.45, 2.75) is 19.8 Å². The molecule has 0 radical (unpaired) electrons. The summed E-state index contributed by atoms with van der Waals surface area (Å²) in [5.74, 6) is 0. The van der Waals surface area contributed by atoms with Crippen LogP contribution in [0.1, 0.15) is 23.2 Å². The van der Waals surface area contributed by atoms with Crippen LogP contribution in [0.4, 0.5) is 11.4 Å². The van der Waals surface area contributed by atoms with Crippen molar-refractivity contribution in [3.05, 3.63) is 53.3 Å². The van der Waals surface area contributed by atoms with E-state index in [-0.39, 0.29) is 0 Å². The van der Waals surface area contributed by atoms with Gasteiger partial charge in [-0.05, 0) is 43.5 Å². The lowest BCUT2D eigenvalue weighted by Crippen LogP contribution is -2.25. The molecule has 0 saturated heterocycles. The Bertz CT molecular complexity index is 655. The van der Waals surface area contributed by atoms with Crippen molar-refractivity contribution in [2.75, 3.05) is 11.4 Å². The van der Waals surface area contributed by atoms with Crippen LogP contribution in [0.15, 0.2) is 36.5 Å². The van der Waals surface area contributed by atoms with Gasteiger partial charge in [0.05, 0.1) is 5.69 Å². The summed E-state index contributed by atoms with van der Waals surface area (Å²) in [5.41, 5.74) is 5.26. The van der Waals surface area contributed by atoms with Crippen molar-refractivity contribution in [1.82, 2.24) is 4.98 Å². The van der Waals surface area contributed by atoms with E-state index in [2.05, 4.69) is 41.1 Å². The number of benzene rings is 1. The first-order chi connectivity index (χ1) is 9.29. The van der Waals surface area contributed by atoms with Gasteiger partial charge in [-0.25, -0.2) is 4.98 Å². The second-order valence-corrected chi connectivity index (χ2v) is 4.87. The van der Waals surface area contributed by atoms with Crippen LogP contribution >= 0.6 is 0 Å². The number of fused-ring (bicyclic) bond motifs is 1. The van der Waals surface area contributed by atoms with Gasteiger partial charge in [-0.2, -0.15) is 5.26 Å². The second-order valence-electron chi connectivity index (χ2n) is 4.87. The van der Waals surface area contributed by atoms with Crippen LogP contribution < -0.4 is 4.90 Å². The van der Waals surface area contributed by atoms with E-state index >= 15 is 0 Å². The van der Waals surface area contributed by atoms with Crippen LogP contribution in [0.3, 0.4) is 0 Å². The lowest BCUT2D eigenvalue weighted by atomic mass is 9.99. The molecule has 1 aromatic carbocycles. The van der Waals surface area contributed by atoms with Gasteiger partial charge in [-0.3, -0.25) is 0 Å². The van der Waals surface area contributed by atoms with Crippen LogP contribution in [0.2, 0.25) is 0 Å². The van der Waals surface area contributed by atoms with Crippen molar-refractivity contribution in [1.29, 1.82) is 5.26 Å². The van der Waals surface area contributed by atoms with Gasteiger partial charge in [0.2, 0.25) is 0 Å². The molecule has 1 aliphatic heterocycles. The van der Waals surface area contributed by atoms with E-state index in [9.17, 15) is 5.26 Å². The number of hydrogen-bond acceptors (Lipinski definition) is 3. The zero-order valence-corrected chi connectivity index (χ0v) is 10.9. The quantitative estimate of drug-likeness (QED) is 0.778. The molecule has 1 aliphatic rings. The molecule has 19 heavy (non-hydrogen) atoms. The van der Waals surface area contributed by atoms with Gasteiger partial charge < -0.3 is 4.90 Å². The molecule has 0 atom stereocenters. The lowest BCUT2D eigenvalue weighted by molar-refractivity contribution is 0.764. The molecule has 0 amide bonds. The molecular formula is C16H15N3.